The van der Waals surface area contributed by atoms with Crippen molar-refractivity contribution in [2.24, 2.45) is 0 Å². The van der Waals surface area contributed by atoms with Crippen LogP contribution in [0.3, 0.4) is 0 Å². The van der Waals surface area contributed by atoms with Gasteiger partial charge in [0, 0.05) is 18.1 Å². The average molecular weight is 352 g/mol. The van der Waals surface area contributed by atoms with Gasteiger partial charge in [-0.15, -0.1) is 0 Å². The van der Waals surface area contributed by atoms with Crippen molar-refractivity contribution in [2.75, 3.05) is 19.5 Å². The van der Waals surface area contributed by atoms with E-state index in [1.54, 1.807) is 32.4 Å². The molecule has 0 unspecified atom stereocenters. The van der Waals surface area contributed by atoms with Crippen molar-refractivity contribution in [1.29, 1.82) is 0 Å². The number of hydrogen-bond donors (Lipinski definition) is 2. The van der Waals surface area contributed by atoms with Crippen molar-refractivity contribution in [3.8, 4) is 11.5 Å². The molecule has 0 bridgehead atoms. The van der Waals surface area contributed by atoms with Gasteiger partial charge in [0.2, 0.25) is 5.91 Å². The Kier molecular flexibility index (Phi) is 5.22. The molecular formula is C20H20N2O4. The number of rotatable bonds is 6. The lowest BCUT2D eigenvalue weighted by Gasteiger charge is -2.10. The molecule has 0 radical (unpaired) electrons. The summed E-state index contributed by atoms with van der Waals surface area (Å²) in [4.78, 5) is 27.3. The third-order valence-electron chi connectivity index (χ3n) is 4.13. The van der Waals surface area contributed by atoms with E-state index in [9.17, 15) is 9.59 Å². The molecule has 0 aliphatic rings. The van der Waals surface area contributed by atoms with Gasteiger partial charge in [-0.3, -0.25) is 9.59 Å². The topological polar surface area (TPSA) is 80.4 Å². The number of para-hydroxylation sites is 2. The first kappa shape index (κ1) is 17.5. The Morgan fingerprint density at radius 2 is 1.88 bits per heavy atom. The van der Waals surface area contributed by atoms with Gasteiger partial charge in [0.15, 0.2) is 0 Å². The van der Waals surface area contributed by atoms with Crippen LogP contribution in [0.1, 0.15) is 12.0 Å². The van der Waals surface area contributed by atoms with Crippen LogP contribution in [0.15, 0.2) is 53.3 Å². The largest absolute Gasteiger partial charge is 0.497 e. The van der Waals surface area contributed by atoms with Gasteiger partial charge in [-0.2, -0.15) is 0 Å². The van der Waals surface area contributed by atoms with E-state index >= 15 is 0 Å². The fraction of sp³-hybridized carbons (Fsp3) is 0.200. The highest BCUT2D eigenvalue weighted by atomic mass is 16.5. The maximum atomic E-state index is 12.3. The van der Waals surface area contributed by atoms with Gasteiger partial charge in [-0.1, -0.05) is 12.1 Å². The Morgan fingerprint density at radius 3 is 2.65 bits per heavy atom. The van der Waals surface area contributed by atoms with Gasteiger partial charge in [0.1, 0.15) is 11.5 Å². The Bertz CT molecular complexity index is 995. The lowest BCUT2D eigenvalue weighted by molar-refractivity contribution is -0.116. The Morgan fingerprint density at radius 1 is 1.08 bits per heavy atom. The Labute approximate surface area is 150 Å². The van der Waals surface area contributed by atoms with Crippen molar-refractivity contribution < 1.29 is 14.3 Å². The van der Waals surface area contributed by atoms with Crippen LogP contribution in [0, 0.1) is 0 Å². The molecule has 0 saturated heterocycles. The molecule has 0 fully saturated rings. The quantitative estimate of drug-likeness (QED) is 0.714. The van der Waals surface area contributed by atoms with Crippen LogP contribution in [-0.2, 0) is 11.2 Å². The molecule has 0 atom stereocenters. The van der Waals surface area contributed by atoms with E-state index in [1.165, 1.54) is 0 Å². The second-order valence-corrected chi connectivity index (χ2v) is 5.83. The minimum Gasteiger partial charge on any atom is -0.497 e. The van der Waals surface area contributed by atoms with E-state index < -0.39 is 0 Å². The second-order valence-electron chi connectivity index (χ2n) is 5.83. The summed E-state index contributed by atoms with van der Waals surface area (Å²) < 4.78 is 10.4. The zero-order chi connectivity index (χ0) is 18.5. The molecule has 1 heterocycles. The highest BCUT2D eigenvalue weighted by molar-refractivity contribution is 5.92. The van der Waals surface area contributed by atoms with Crippen molar-refractivity contribution >= 4 is 22.5 Å². The summed E-state index contributed by atoms with van der Waals surface area (Å²) in [5.74, 6) is 1.10. The van der Waals surface area contributed by atoms with Crippen molar-refractivity contribution in [3.05, 3.63) is 64.4 Å². The molecule has 0 spiro atoms. The molecule has 1 aromatic heterocycles. The van der Waals surface area contributed by atoms with Gasteiger partial charge in [-0.05, 0) is 42.1 Å². The first-order valence-corrected chi connectivity index (χ1v) is 8.23. The van der Waals surface area contributed by atoms with Crippen molar-refractivity contribution in [3.63, 3.8) is 0 Å². The maximum absolute atomic E-state index is 12.3. The first-order chi connectivity index (χ1) is 12.6. The fourth-order valence-electron chi connectivity index (χ4n) is 2.75. The monoisotopic (exact) mass is 352 g/mol. The van der Waals surface area contributed by atoms with Gasteiger partial charge in [0.25, 0.3) is 5.56 Å². The summed E-state index contributed by atoms with van der Waals surface area (Å²) >= 11 is 0. The van der Waals surface area contributed by atoms with E-state index in [0.717, 1.165) is 5.39 Å². The summed E-state index contributed by atoms with van der Waals surface area (Å²) in [6.07, 6.45) is 0.543. The average Bonchev–Trinajstić information content (AvgIpc) is 2.66. The van der Waals surface area contributed by atoms with E-state index in [4.69, 9.17) is 9.47 Å². The van der Waals surface area contributed by atoms with Crippen LogP contribution in [-0.4, -0.2) is 25.1 Å². The number of hydrogen-bond acceptors (Lipinski definition) is 4. The van der Waals surface area contributed by atoms with Crippen LogP contribution >= 0.6 is 0 Å². The third kappa shape index (κ3) is 3.85. The number of benzene rings is 2. The number of anilines is 1. The lowest BCUT2D eigenvalue weighted by atomic mass is 10.1. The van der Waals surface area contributed by atoms with E-state index in [0.29, 0.717) is 34.7 Å². The number of amides is 1. The molecule has 6 nitrogen and oxygen atoms in total. The second kappa shape index (κ2) is 7.74. The molecule has 2 N–H and O–H groups in total. The molecule has 0 aliphatic carbocycles. The van der Waals surface area contributed by atoms with Gasteiger partial charge >= 0.3 is 0 Å². The number of methoxy groups -OCH3 is 2. The number of pyridine rings is 1. The van der Waals surface area contributed by atoms with E-state index in [-0.39, 0.29) is 17.9 Å². The summed E-state index contributed by atoms with van der Waals surface area (Å²) in [7, 11) is 3.13. The number of carbonyl (C=O) groups excluding carboxylic acids is 1. The zero-order valence-electron chi connectivity index (χ0n) is 14.7. The van der Waals surface area contributed by atoms with Gasteiger partial charge < -0.3 is 19.8 Å². The summed E-state index contributed by atoms with van der Waals surface area (Å²) in [5, 5.41) is 3.70. The number of carbonyl (C=O) groups is 1. The molecule has 26 heavy (non-hydrogen) atoms. The van der Waals surface area contributed by atoms with Crippen LogP contribution in [0.4, 0.5) is 5.69 Å². The number of aryl methyl sites for hydroxylation is 1. The molecule has 1 amide bonds. The number of ether oxygens (including phenoxy) is 2. The van der Waals surface area contributed by atoms with Gasteiger partial charge in [-0.25, -0.2) is 0 Å². The molecule has 0 aliphatic heterocycles. The summed E-state index contributed by atoms with van der Waals surface area (Å²) in [5.41, 5.74) is 1.68. The summed E-state index contributed by atoms with van der Waals surface area (Å²) in [6, 6.07) is 14.5. The molecule has 0 saturated carbocycles. The van der Waals surface area contributed by atoms with Crippen LogP contribution < -0.4 is 20.3 Å². The van der Waals surface area contributed by atoms with Crippen LogP contribution in [0.25, 0.3) is 10.9 Å². The van der Waals surface area contributed by atoms with Crippen molar-refractivity contribution in [2.45, 2.75) is 12.8 Å². The minimum absolute atomic E-state index is 0.177. The smallest absolute Gasteiger partial charge is 0.251 e. The summed E-state index contributed by atoms with van der Waals surface area (Å²) in [6.45, 7) is 0. The number of aromatic amines is 1. The number of fused-ring (bicyclic) bond motifs is 1. The van der Waals surface area contributed by atoms with E-state index in [1.807, 2.05) is 30.3 Å². The van der Waals surface area contributed by atoms with Crippen molar-refractivity contribution in [1.82, 2.24) is 4.98 Å². The third-order valence-corrected chi connectivity index (χ3v) is 4.13. The van der Waals surface area contributed by atoms with Crippen LogP contribution in [0.5, 0.6) is 11.5 Å². The molecular weight excluding hydrogens is 332 g/mol. The highest BCUT2D eigenvalue weighted by Crippen LogP contribution is 2.23. The minimum atomic E-state index is -0.198. The SMILES string of the molecule is COc1ccc2cc(CCC(=O)Nc3ccccc3OC)c(=O)[nH]c2c1. The molecule has 3 rings (SSSR count). The normalized spacial score (nSPS) is 10.5. The van der Waals surface area contributed by atoms with Gasteiger partial charge in [0.05, 0.1) is 25.4 Å². The Balaban J connectivity index is 1.72. The number of H-pyrrole nitrogens is 1. The number of nitrogens with one attached hydrogen (secondary N) is 2. The maximum Gasteiger partial charge on any atom is 0.251 e. The van der Waals surface area contributed by atoms with E-state index in [2.05, 4.69) is 10.3 Å². The fourth-order valence-corrected chi connectivity index (χ4v) is 2.75. The predicted molar refractivity (Wildman–Crippen MR) is 101 cm³/mol. The molecule has 6 heteroatoms. The standard InChI is InChI=1S/C20H20N2O4/c1-25-15-9-7-13-11-14(20(24)22-17(13)12-15)8-10-19(23)21-16-5-3-4-6-18(16)26-2/h3-7,9,11-12H,8,10H2,1-2H3,(H,21,23)(H,22,24). The zero-order valence-corrected chi connectivity index (χ0v) is 14.7. The molecule has 134 valence electrons. The number of aromatic nitrogens is 1. The predicted octanol–water partition coefficient (Wildman–Crippen LogP) is 3.12. The first-order valence-electron chi connectivity index (χ1n) is 8.23. The molecule has 2 aromatic carbocycles. The van der Waals surface area contributed by atoms with Crippen LogP contribution in [0.2, 0.25) is 0 Å². The molecule has 3 aromatic rings. The lowest BCUT2D eigenvalue weighted by Crippen LogP contribution is -2.17. The Hall–Kier alpha value is -3.28. The highest BCUT2D eigenvalue weighted by Gasteiger charge is 2.10.